The minimum Gasteiger partial charge on any atom is -0.393 e. The second-order valence-electron chi connectivity index (χ2n) is 2.71. The number of hydrogen-bond donors (Lipinski definition) is 1. The first-order valence-corrected chi connectivity index (χ1v) is 3.87. The van der Waals surface area contributed by atoms with Crippen molar-refractivity contribution in [2.75, 3.05) is 0 Å². The molecule has 2 nitrogen and oxygen atoms in total. The van der Waals surface area contributed by atoms with Gasteiger partial charge in [-0.1, -0.05) is 6.07 Å². The highest BCUT2D eigenvalue weighted by Crippen LogP contribution is 2.00. The van der Waals surface area contributed by atoms with Crippen LogP contribution < -0.4 is 0 Å². The van der Waals surface area contributed by atoms with Gasteiger partial charge in [0.2, 0.25) is 0 Å². The zero-order valence-corrected chi connectivity index (χ0v) is 6.70. The van der Waals surface area contributed by atoms with Crippen LogP contribution in [0, 0.1) is 0 Å². The summed E-state index contributed by atoms with van der Waals surface area (Å²) >= 11 is 0. The molecule has 0 amide bonds. The first-order chi connectivity index (χ1) is 5.29. The van der Waals surface area contributed by atoms with Gasteiger partial charge in [-0.15, -0.1) is 0 Å². The lowest BCUT2D eigenvalue weighted by Gasteiger charge is -2.01. The maximum absolute atomic E-state index is 8.99. The quantitative estimate of drug-likeness (QED) is 0.708. The van der Waals surface area contributed by atoms with E-state index in [1.54, 1.807) is 13.1 Å². The van der Waals surface area contributed by atoms with Crippen LogP contribution in [0.2, 0.25) is 0 Å². The summed E-state index contributed by atoms with van der Waals surface area (Å²) in [4.78, 5) is 4.14. The Morgan fingerprint density at radius 3 is 2.91 bits per heavy atom. The number of aliphatic hydroxyl groups excluding tert-OH is 1. The normalized spacial score (nSPS) is 12.9. The lowest BCUT2D eigenvalue weighted by atomic mass is 10.1. The van der Waals surface area contributed by atoms with Gasteiger partial charge in [-0.05, 0) is 31.9 Å². The Kier molecular flexibility index (Phi) is 3.05. The Balaban J connectivity index is 2.39. The van der Waals surface area contributed by atoms with E-state index >= 15 is 0 Å². The van der Waals surface area contributed by atoms with E-state index in [1.165, 1.54) is 0 Å². The molecule has 60 valence electrons. The molecule has 1 aromatic rings. The topological polar surface area (TPSA) is 33.1 Å². The van der Waals surface area contributed by atoms with Crippen molar-refractivity contribution >= 4 is 0 Å². The average molecular weight is 151 g/mol. The average Bonchev–Trinajstić information content (AvgIpc) is 2.03. The number of aryl methyl sites for hydroxylation is 1. The molecule has 0 saturated heterocycles. The molecule has 0 bridgehead atoms. The molecule has 1 rings (SSSR count). The summed E-state index contributed by atoms with van der Waals surface area (Å²) in [5.41, 5.74) is 1.05. The van der Waals surface area contributed by atoms with Crippen molar-refractivity contribution in [3.8, 4) is 0 Å². The number of nitrogens with zero attached hydrogens (tertiary/aromatic N) is 1. The molecule has 1 N–H and O–H groups in total. The van der Waals surface area contributed by atoms with Crippen LogP contribution >= 0.6 is 0 Å². The van der Waals surface area contributed by atoms with Gasteiger partial charge in [0.05, 0.1) is 6.10 Å². The number of aliphatic hydroxyl groups is 1. The number of rotatable bonds is 3. The van der Waals surface area contributed by atoms with Gasteiger partial charge in [0.1, 0.15) is 0 Å². The van der Waals surface area contributed by atoms with Crippen LogP contribution in [0.15, 0.2) is 24.4 Å². The molecule has 0 aromatic carbocycles. The highest BCUT2D eigenvalue weighted by Gasteiger charge is 1.96. The maximum atomic E-state index is 8.99. The molecule has 11 heavy (non-hydrogen) atoms. The maximum Gasteiger partial charge on any atom is 0.0515 e. The second-order valence-corrected chi connectivity index (χ2v) is 2.71. The fourth-order valence-electron chi connectivity index (χ4n) is 0.903. The van der Waals surface area contributed by atoms with E-state index in [0.29, 0.717) is 0 Å². The summed E-state index contributed by atoms with van der Waals surface area (Å²) in [5, 5.41) is 8.99. The molecule has 0 aliphatic carbocycles. The lowest BCUT2D eigenvalue weighted by molar-refractivity contribution is 0.184. The second kappa shape index (κ2) is 4.09. The van der Waals surface area contributed by atoms with E-state index in [0.717, 1.165) is 18.5 Å². The third kappa shape index (κ3) is 3.14. The van der Waals surface area contributed by atoms with E-state index in [1.807, 2.05) is 18.2 Å². The van der Waals surface area contributed by atoms with Crippen LogP contribution in [0.4, 0.5) is 0 Å². The molecular weight excluding hydrogens is 138 g/mol. The van der Waals surface area contributed by atoms with E-state index in [2.05, 4.69) is 4.98 Å². The highest BCUT2D eigenvalue weighted by atomic mass is 16.3. The predicted molar refractivity (Wildman–Crippen MR) is 44.2 cm³/mol. The van der Waals surface area contributed by atoms with Gasteiger partial charge in [-0.25, -0.2) is 0 Å². The summed E-state index contributed by atoms with van der Waals surface area (Å²) in [5.74, 6) is 0. The van der Waals surface area contributed by atoms with Crippen molar-refractivity contribution in [3.63, 3.8) is 0 Å². The third-order valence-corrected chi connectivity index (χ3v) is 1.54. The SMILES string of the molecule is C[C@@H](O)CCc1ccccn1. The predicted octanol–water partition coefficient (Wildman–Crippen LogP) is 1.40. The highest BCUT2D eigenvalue weighted by molar-refractivity contribution is 5.03. The van der Waals surface area contributed by atoms with Crippen LogP contribution in [-0.4, -0.2) is 16.2 Å². The molecular formula is C9H13NO. The van der Waals surface area contributed by atoms with Crippen LogP contribution in [0.25, 0.3) is 0 Å². The number of aromatic nitrogens is 1. The Hall–Kier alpha value is -0.890. The Morgan fingerprint density at radius 1 is 1.55 bits per heavy atom. The molecule has 0 spiro atoms. The van der Waals surface area contributed by atoms with E-state index in [-0.39, 0.29) is 6.10 Å². The zero-order valence-electron chi connectivity index (χ0n) is 6.70. The molecule has 0 radical (unpaired) electrons. The first-order valence-electron chi connectivity index (χ1n) is 3.87. The van der Waals surface area contributed by atoms with Crippen molar-refractivity contribution in [2.24, 2.45) is 0 Å². The Labute approximate surface area is 66.9 Å². The summed E-state index contributed by atoms with van der Waals surface area (Å²) in [7, 11) is 0. The van der Waals surface area contributed by atoms with Crippen molar-refractivity contribution in [3.05, 3.63) is 30.1 Å². The van der Waals surface area contributed by atoms with Gasteiger partial charge in [0, 0.05) is 11.9 Å². The summed E-state index contributed by atoms with van der Waals surface area (Å²) in [6, 6.07) is 5.83. The molecule has 1 aromatic heterocycles. The largest absolute Gasteiger partial charge is 0.393 e. The first kappa shape index (κ1) is 8.21. The summed E-state index contributed by atoms with van der Waals surface area (Å²) in [6.07, 6.45) is 3.20. The van der Waals surface area contributed by atoms with E-state index in [4.69, 9.17) is 5.11 Å². The van der Waals surface area contributed by atoms with E-state index < -0.39 is 0 Å². The van der Waals surface area contributed by atoms with Crippen LogP contribution in [0.1, 0.15) is 19.0 Å². The van der Waals surface area contributed by atoms with Crippen LogP contribution in [0.3, 0.4) is 0 Å². The van der Waals surface area contributed by atoms with Crippen molar-refractivity contribution in [1.82, 2.24) is 4.98 Å². The lowest BCUT2D eigenvalue weighted by Crippen LogP contribution is -2.02. The van der Waals surface area contributed by atoms with E-state index in [9.17, 15) is 0 Å². The fraction of sp³-hybridized carbons (Fsp3) is 0.444. The number of pyridine rings is 1. The standard InChI is InChI=1S/C9H13NO/c1-8(11)5-6-9-4-2-3-7-10-9/h2-4,7-8,11H,5-6H2,1H3/t8-/m1/s1. The smallest absolute Gasteiger partial charge is 0.0515 e. The molecule has 2 heteroatoms. The van der Waals surface area contributed by atoms with Crippen LogP contribution in [0.5, 0.6) is 0 Å². The van der Waals surface area contributed by atoms with Crippen molar-refractivity contribution < 1.29 is 5.11 Å². The minimum atomic E-state index is -0.225. The zero-order chi connectivity index (χ0) is 8.10. The Bertz CT molecular complexity index is 196. The number of hydrogen-bond acceptors (Lipinski definition) is 2. The van der Waals surface area contributed by atoms with Gasteiger partial charge in [0.25, 0.3) is 0 Å². The summed E-state index contributed by atoms with van der Waals surface area (Å²) < 4.78 is 0. The molecule has 0 fully saturated rings. The molecule has 1 atom stereocenters. The Morgan fingerprint density at radius 2 is 2.36 bits per heavy atom. The van der Waals surface area contributed by atoms with Gasteiger partial charge in [-0.2, -0.15) is 0 Å². The van der Waals surface area contributed by atoms with Gasteiger partial charge >= 0.3 is 0 Å². The molecule has 0 saturated carbocycles. The monoisotopic (exact) mass is 151 g/mol. The minimum absolute atomic E-state index is 0.225. The van der Waals surface area contributed by atoms with Gasteiger partial charge < -0.3 is 5.11 Å². The third-order valence-electron chi connectivity index (χ3n) is 1.54. The van der Waals surface area contributed by atoms with Gasteiger partial charge in [-0.3, -0.25) is 4.98 Å². The molecule has 0 unspecified atom stereocenters. The molecule has 1 heterocycles. The van der Waals surface area contributed by atoms with Gasteiger partial charge in [0.15, 0.2) is 0 Å². The van der Waals surface area contributed by atoms with Crippen LogP contribution in [-0.2, 0) is 6.42 Å². The fourth-order valence-corrected chi connectivity index (χ4v) is 0.903. The summed E-state index contributed by atoms with van der Waals surface area (Å²) in [6.45, 7) is 1.79. The molecule has 0 aliphatic heterocycles. The molecule has 0 aliphatic rings. The van der Waals surface area contributed by atoms with Crippen molar-refractivity contribution in [1.29, 1.82) is 0 Å². The van der Waals surface area contributed by atoms with Crippen molar-refractivity contribution in [2.45, 2.75) is 25.9 Å².